The molecule has 32 heavy (non-hydrogen) atoms. The molecule has 3 aromatic carbocycles. The second kappa shape index (κ2) is 9.42. The van der Waals surface area contributed by atoms with E-state index in [0.717, 1.165) is 11.0 Å². The second-order valence-corrected chi connectivity index (χ2v) is 8.12. The molecule has 1 aromatic heterocycles. The third kappa shape index (κ3) is 4.77. The van der Waals surface area contributed by atoms with Crippen LogP contribution >= 0.6 is 23.2 Å². The number of halogens is 2. The number of imidazole rings is 1. The molecule has 0 saturated heterocycles. The molecule has 2 amide bonds. The van der Waals surface area contributed by atoms with Crippen molar-refractivity contribution in [3.8, 4) is 0 Å². The predicted octanol–water partition coefficient (Wildman–Crippen LogP) is 5.47. The number of amides is 2. The van der Waals surface area contributed by atoms with Gasteiger partial charge in [0.25, 0.3) is 5.91 Å². The van der Waals surface area contributed by atoms with E-state index in [0.29, 0.717) is 27.1 Å². The van der Waals surface area contributed by atoms with Crippen molar-refractivity contribution in [3.63, 3.8) is 0 Å². The molecule has 4 rings (SSSR count). The molecule has 0 fully saturated rings. The number of rotatable bonds is 6. The molecular weight excluding hydrogens is 447 g/mol. The molecule has 1 heterocycles. The highest BCUT2D eigenvalue weighted by Gasteiger charge is 2.21. The average Bonchev–Trinajstić information content (AvgIpc) is 3.12. The molecule has 1 unspecified atom stereocenters. The fraction of sp³-hybridized carbons (Fsp3) is 0.125. The number of hydrogen-bond donors (Lipinski definition) is 2. The van der Waals surface area contributed by atoms with E-state index < -0.39 is 6.04 Å². The van der Waals surface area contributed by atoms with Crippen LogP contribution in [0.2, 0.25) is 10.0 Å². The first-order valence-corrected chi connectivity index (χ1v) is 10.7. The fourth-order valence-electron chi connectivity index (χ4n) is 3.49. The molecule has 1 atom stereocenters. The summed E-state index contributed by atoms with van der Waals surface area (Å²) in [5.41, 5.74) is 2.51. The van der Waals surface area contributed by atoms with Gasteiger partial charge in [0.15, 0.2) is 0 Å². The summed E-state index contributed by atoms with van der Waals surface area (Å²) in [6, 6.07) is 20.8. The highest BCUT2D eigenvalue weighted by atomic mass is 35.5. The summed E-state index contributed by atoms with van der Waals surface area (Å²) in [4.78, 5) is 30.2. The molecule has 4 aromatic rings. The Morgan fingerprint density at radius 3 is 2.53 bits per heavy atom. The van der Waals surface area contributed by atoms with Gasteiger partial charge in [-0.15, -0.1) is 0 Å². The maximum absolute atomic E-state index is 12.8. The largest absolute Gasteiger partial charge is 0.342 e. The minimum atomic E-state index is -0.467. The smallest absolute Gasteiger partial charge is 0.253 e. The zero-order valence-corrected chi connectivity index (χ0v) is 18.7. The number of nitrogens with one attached hydrogen (secondary N) is 2. The summed E-state index contributed by atoms with van der Waals surface area (Å²) in [6.07, 6.45) is 0. The Balaban J connectivity index is 1.60. The zero-order valence-electron chi connectivity index (χ0n) is 17.2. The van der Waals surface area contributed by atoms with Crippen LogP contribution in [0.4, 0.5) is 5.69 Å². The normalized spacial score (nSPS) is 11.8. The number of hydrogen-bond acceptors (Lipinski definition) is 3. The Kier molecular flexibility index (Phi) is 6.44. The van der Waals surface area contributed by atoms with Crippen molar-refractivity contribution in [2.75, 3.05) is 5.32 Å². The van der Waals surface area contributed by atoms with E-state index in [1.165, 1.54) is 0 Å². The number of carbonyl (C=O) groups excluding carboxylic acids is 2. The Morgan fingerprint density at radius 2 is 1.75 bits per heavy atom. The topological polar surface area (TPSA) is 76.0 Å². The third-order valence-electron chi connectivity index (χ3n) is 4.95. The predicted molar refractivity (Wildman–Crippen MR) is 127 cm³/mol. The molecule has 0 aliphatic heterocycles. The van der Waals surface area contributed by atoms with E-state index in [2.05, 4.69) is 15.6 Å². The molecular formula is C24H20Cl2N4O2. The van der Waals surface area contributed by atoms with Crippen LogP contribution in [-0.2, 0) is 11.3 Å². The summed E-state index contributed by atoms with van der Waals surface area (Å²) in [7, 11) is 0. The lowest BCUT2D eigenvalue weighted by molar-refractivity contribution is -0.116. The first-order chi connectivity index (χ1) is 15.4. The van der Waals surface area contributed by atoms with E-state index >= 15 is 0 Å². The highest BCUT2D eigenvalue weighted by molar-refractivity contribution is 6.33. The van der Waals surface area contributed by atoms with Crippen molar-refractivity contribution in [1.29, 1.82) is 0 Å². The monoisotopic (exact) mass is 466 g/mol. The van der Waals surface area contributed by atoms with Crippen molar-refractivity contribution in [2.45, 2.75) is 19.5 Å². The van der Waals surface area contributed by atoms with Gasteiger partial charge >= 0.3 is 0 Å². The lowest BCUT2D eigenvalue weighted by Crippen LogP contribution is -2.30. The number of para-hydroxylation sites is 2. The van der Waals surface area contributed by atoms with Crippen molar-refractivity contribution in [3.05, 3.63) is 94.2 Å². The summed E-state index contributed by atoms with van der Waals surface area (Å²) in [6.45, 7) is 1.84. The molecule has 0 saturated carbocycles. The van der Waals surface area contributed by atoms with E-state index in [4.69, 9.17) is 23.2 Å². The van der Waals surface area contributed by atoms with Gasteiger partial charge in [-0.1, -0.05) is 53.5 Å². The zero-order chi connectivity index (χ0) is 22.7. The van der Waals surface area contributed by atoms with E-state index in [1.54, 1.807) is 53.1 Å². The lowest BCUT2D eigenvalue weighted by atomic mass is 10.2. The quantitative estimate of drug-likeness (QED) is 0.395. The van der Waals surface area contributed by atoms with Crippen LogP contribution in [0.15, 0.2) is 72.8 Å². The van der Waals surface area contributed by atoms with E-state index in [9.17, 15) is 9.59 Å². The molecule has 2 N–H and O–H groups in total. The fourth-order valence-corrected chi connectivity index (χ4v) is 3.90. The minimum Gasteiger partial charge on any atom is -0.342 e. The average molecular weight is 467 g/mol. The van der Waals surface area contributed by atoms with Gasteiger partial charge in [-0.25, -0.2) is 4.98 Å². The van der Waals surface area contributed by atoms with E-state index in [1.807, 2.05) is 31.2 Å². The number of aromatic nitrogens is 2. The van der Waals surface area contributed by atoms with Crippen LogP contribution in [0.1, 0.15) is 29.1 Å². The maximum Gasteiger partial charge on any atom is 0.253 e. The van der Waals surface area contributed by atoms with Gasteiger partial charge in [-0.3, -0.25) is 9.59 Å². The van der Waals surface area contributed by atoms with Crippen molar-refractivity contribution < 1.29 is 9.59 Å². The third-order valence-corrected chi connectivity index (χ3v) is 5.51. The lowest BCUT2D eigenvalue weighted by Gasteiger charge is -2.17. The van der Waals surface area contributed by atoms with Gasteiger partial charge in [0.1, 0.15) is 12.4 Å². The SMILES string of the molecule is CC(NC(=O)c1ccccc1Cl)c1nc2ccccc2n1CC(=O)Nc1cccc(Cl)c1. The summed E-state index contributed by atoms with van der Waals surface area (Å²) < 4.78 is 1.80. The summed E-state index contributed by atoms with van der Waals surface area (Å²) in [5, 5.41) is 6.68. The maximum atomic E-state index is 12.8. The number of carbonyl (C=O) groups is 2. The van der Waals surface area contributed by atoms with Crippen molar-refractivity contribution in [1.82, 2.24) is 14.9 Å². The molecule has 0 radical (unpaired) electrons. The number of anilines is 1. The van der Waals surface area contributed by atoms with Crippen molar-refractivity contribution >= 4 is 51.7 Å². The number of fused-ring (bicyclic) bond motifs is 1. The van der Waals surface area contributed by atoms with Crippen LogP contribution in [0.5, 0.6) is 0 Å². The standard InChI is InChI=1S/C24H20Cl2N4O2/c1-15(27-24(32)18-9-2-3-10-19(18)26)23-29-20-11-4-5-12-21(20)30(23)14-22(31)28-17-8-6-7-16(25)13-17/h2-13,15H,14H2,1H3,(H,27,32)(H,28,31). The first-order valence-electron chi connectivity index (χ1n) is 9.98. The molecule has 0 aliphatic carbocycles. The Morgan fingerprint density at radius 1 is 1.00 bits per heavy atom. The van der Waals surface area contributed by atoms with Gasteiger partial charge in [-0.05, 0) is 49.4 Å². The molecule has 0 bridgehead atoms. The van der Waals surface area contributed by atoms with E-state index in [-0.39, 0.29) is 18.4 Å². The summed E-state index contributed by atoms with van der Waals surface area (Å²) >= 11 is 12.2. The van der Waals surface area contributed by atoms with Gasteiger partial charge in [-0.2, -0.15) is 0 Å². The Bertz CT molecular complexity index is 1300. The Labute approximate surface area is 195 Å². The van der Waals surface area contributed by atoms with Gasteiger partial charge in [0.05, 0.1) is 27.7 Å². The van der Waals surface area contributed by atoms with Gasteiger partial charge in [0, 0.05) is 10.7 Å². The van der Waals surface area contributed by atoms with Crippen LogP contribution < -0.4 is 10.6 Å². The second-order valence-electron chi connectivity index (χ2n) is 7.28. The minimum absolute atomic E-state index is 0.0225. The van der Waals surface area contributed by atoms with Crippen LogP contribution in [0, 0.1) is 0 Å². The number of benzene rings is 3. The van der Waals surface area contributed by atoms with Gasteiger partial charge < -0.3 is 15.2 Å². The highest BCUT2D eigenvalue weighted by Crippen LogP contribution is 2.23. The Hall–Kier alpha value is -3.35. The van der Waals surface area contributed by atoms with Crippen LogP contribution in [-0.4, -0.2) is 21.4 Å². The van der Waals surface area contributed by atoms with Crippen molar-refractivity contribution in [2.24, 2.45) is 0 Å². The molecule has 162 valence electrons. The molecule has 6 nitrogen and oxygen atoms in total. The summed E-state index contributed by atoms with van der Waals surface area (Å²) in [5.74, 6) is 0.0132. The number of nitrogens with zero attached hydrogens (tertiary/aromatic N) is 2. The molecule has 0 spiro atoms. The first kappa shape index (κ1) is 21.9. The molecule has 8 heteroatoms. The van der Waals surface area contributed by atoms with Gasteiger partial charge in [0.2, 0.25) is 5.91 Å². The molecule has 0 aliphatic rings. The van der Waals surface area contributed by atoms with Crippen LogP contribution in [0.25, 0.3) is 11.0 Å². The van der Waals surface area contributed by atoms with Crippen LogP contribution in [0.3, 0.4) is 0 Å².